The van der Waals surface area contributed by atoms with Gasteiger partial charge in [-0.15, -0.1) is 0 Å². The molecule has 0 atom stereocenters. The van der Waals surface area contributed by atoms with E-state index in [1.807, 2.05) is 43.3 Å². The zero-order valence-electron chi connectivity index (χ0n) is 11.2. The number of ether oxygens (including phenoxy) is 2. The average Bonchev–Trinajstić information content (AvgIpc) is 2.41. The van der Waals surface area contributed by atoms with Crippen molar-refractivity contribution < 1.29 is 9.47 Å². The number of benzene rings is 2. The molecule has 0 bridgehead atoms. The highest BCUT2D eigenvalue weighted by Gasteiger charge is 2.06. The Balaban J connectivity index is 2.23. The Hall–Kier alpha value is -1.48. The summed E-state index contributed by atoms with van der Waals surface area (Å²) in [5.41, 5.74) is 2.48. The summed E-state index contributed by atoms with van der Waals surface area (Å²) in [6, 6.07) is 13.8. The molecule has 0 aromatic heterocycles. The van der Waals surface area contributed by atoms with Crippen LogP contribution in [-0.2, 0) is 5.33 Å². The van der Waals surface area contributed by atoms with Gasteiger partial charge in [0.15, 0.2) is 11.5 Å². The van der Waals surface area contributed by atoms with Crippen molar-refractivity contribution in [3.63, 3.8) is 0 Å². The molecular formula is C16H17BrO2. The van der Waals surface area contributed by atoms with Crippen molar-refractivity contribution in [2.24, 2.45) is 0 Å². The van der Waals surface area contributed by atoms with Gasteiger partial charge in [0.2, 0.25) is 0 Å². The Morgan fingerprint density at radius 1 is 1.05 bits per heavy atom. The van der Waals surface area contributed by atoms with Crippen LogP contribution in [0.25, 0.3) is 0 Å². The molecule has 2 aromatic carbocycles. The van der Waals surface area contributed by atoms with Crippen LogP contribution in [-0.4, -0.2) is 6.61 Å². The lowest BCUT2D eigenvalue weighted by molar-refractivity contribution is 0.321. The predicted molar refractivity (Wildman–Crippen MR) is 81.5 cm³/mol. The minimum Gasteiger partial charge on any atom is -0.490 e. The second kappa shape index (κ2) is 6.62. The second-order valence-corrected chi connectivity index (χ2v) is 4.76. The van der Waals surface area contributed by atoms with Crippen LogP contribution in [0.5, 0.6) is 17.2 Å². The van der Waals surface area contributed by atoms with Crippen LogP contribution in [0.15, 0.2) is 42.5 Å². The molecule has 0 fully saturated rings. The second-order valence-electron chi connectivity index (χ2n) is 4.20. The SMILES string of the molecule is CCOc1ccccc1Oc1ccc(CBr)c(C)c1. The molecule has 19 heavy (non-hydrogen) atoms. The van der Waals surface area contributed by atoms with E-state index in [4.69, 9.17) is 9.47 Å². The van der Waals surface area contributed by atoms with E-state index in [1.54, 1.807) is 0 Å². The van der Waals surface area contributed by atoms with Gasteiger partial charge in [0.05, 0.1) is 6.61 Å². The summed E-state index contributed by atoms with van der Waals surface area (Å²) < 4.78 is 11.5. The highest BCUT2D eigenvalue weighted by Crippen LogP contribution is 2.32. The Morgan fingerprint density at radius 3 is 2.42 bits per heavy atom. The first-order chi connectivity index (χ1) is 9.24. The fraction of sp³-hybridized carbons (Fsp3) is 0.250. The summed E-state index contributed by atoms with van der Waals surface area (Å²) >= 11 is 3.47. The highest BCUT2D eigenvalue weighted by molar-refractivity contribution is 9.08. The summed E-state index contributed by atoms with van der Waals surface area (Å²) in [5.74, 6) is 2.34. The quantitative estimate of drug-likeness (QED) is 0.715. The lowest BCUT2D eigenvalue weighted by Crippen LogP contribution is -1.95. The molecule has 0 radical (unpaired) electrons. The molecule has 100 valence electrons. The van der Waals surface area contributed by atoms with Gasteiger partial charge in [0, 0.05) is 5.33 Å². The highest BCUT2D eigenvalue weighted by atomic mass is 79.9. The first kappa shape index (κ1) is 13.9. The number of hydrogen-bond donors (Lipinski definition) is 0. The van der Waals surface area contributed by atoms with Gasteiger partial charge in [-0.05, 0) is 49.2 Å². The number of rotatable bonds is 5. The van der Waals surface area contributed by atoms with Crippen LogP contribution in [0.3, 0.4) is 0 Å². The maximum absolute atomic E-state index is 5.90. The van der Waals surface area contributed by atoms with Crippen molar-refractivity contribution in [3.8, 4) is 17.2 Å². The van der Waals surface area contributed by atoms with Gasteiger partial charge in [-0.1, -0.05) is 34.1 Å². The van der Waals surface area contributed by atoms with E-state index in [2.05, 4.69) is 28.9 Å². The largest absolute Gasteiger partial charge is 0.490 e. The summed E-state index contributed by atoms with van der Waals surface area (Å²) in [6.45, 7) is 4.67. The number of para-hydroxylation sites is 2. The molecule has 0 N–H and O–H groups in total. The molecule has 0 saturated heterocycles. The number of alkyl halides is 1. The molecule has 3 heteroatoms. The Labute approximate surface area is 122 Å². The fourth-order valence-electron chi connectivity index (χ4n) is 1.82. The average molecular weight is 321 g/mol. The summed E-state index contributed by atoms with van der Waals surface area (Å²) in [7, 11) is 0. The molecule has 2 nitrogen and oxygen atoms in total. The van der Waals surface area contributed by atoms with E-state index in [-0.39, 0.29) is 0 Å². The topological polar surface area (TPSA) is 18.5 Å². The normalized spacial score (nSPS) is 10.3. The molecule has 0 aliphatic heterocycles. The van der Waals surface area contributed by atoms with Crippen molar-refractivity contribution in [3.05, 3.63) is 53.6 Å². The van der Waals surface area contributed by atoms with E-state index >= 15 is 0 Å². The maximum atomic E-state index is 5.90. The Bertz CT molecular complexity index is 552. The third-order valence-corrected chi connectivity index (χ3v) is 3.44. The van der Waals surface area contributed by atoms with Crippen LogP contribution in [0, 0.1) is 6.92 Å². The van der Waals surface area contributed by atoms with Crippen molar-refractivity contribution in [2.45, 2.75) is 19.2 Å². The van der Waals surface area contributed by atoms with E-state index in [9.17, 15) is 0 Å². The minimum atomic E-state index is 0.627. The van der Waals surface area contributed by atoms with Crippen molar-refractivity contribution in [2.75, 3.05) is 6.61 Å². The van der Waals surface area contributed by atoms with Crippen LogP contribution < -0.4 is 9.47 Å². The van der Waals surface area contributed by atoms with Crippen LogP contribution in [0.1, 0.15) is 18.1 Å². The lowest BCUT2D eigenvalue weighted by Gasteiger charge is -2.12. The molecular weight excluding hydrogens is 304 g/mol. The van der Waals surface area contributed by atoms with Crippen molar-refractivity contribution in [1.29, 1.82) is 0 Å². The summed E-state index contributed by atoms with van der Waals surface area (Å²) in [6.07, 6.45) is 0. The first-order valence-electron chi connectivity index (χ1n) is 6.29. The van der Waals surface area contributed by atoms with Crippen LogP contribution in [0.2, 0.25) is 0 Å². The summed E-state index contributed by atoms with van der Waals surface area (Å²) in [4.78, 5) is 0. The molecule has 0 saturated carbocycles. The van der Waals surface area contributed by atoms with Crippen LogP contribution in [0.4, 0.5) is 0 Å². The van der Waals surface area contributed by atoms with Crippen molar-refractivity contribution in [1.82, 2.24) is 0 Å². The number of halogens is 1. The molecule has 2 aromatic rings. The molecule has 0 unspecified atom stereocenters. The first-order valence-corrected chi connectivity index (χ1v) is 7.42. The van der Waals surface area contributed by atoms with E-state index in [0.717, 1.165) is 22.6 Å². The molecule has 0 spiro atoms. The fourth-order valence-corrected chi connectivity index (χ4v) is 2.45. The van der Waals surface area contributed by atoms with Gasteiger partial charge in [-0.2, -0.15) is 0 Å². The van der Waals surface area contributed by atoms with Gasteiger partial charge in [0.1, 0.15) is 5.75 Å². The maximum Gasteiger partial charge on any atom is 0.169 e. The van der Waals surface area contributed by atoms with E-state index in [0.29, 0.717) is 6.61 Å². The number of hydrogen-bond acceptors (Lipinski definition) is 2. The molecule has 2 rings (SSSR count). The van der Waals surface area contributed by atoms with E-state index in [1.165, 1.54) is 11.1 Å². The molecule has 0 aliphatic rings. The predicted octanol–water partition coefficient (Wildman–Crippen LogP) is 5.08. The molecule has 0 aliphatic carbocycles. The monoisotopic (exact) mass is 320 g/mol. The van der Waals surface area contributed by atoms with Crippen LogP contribution >= 0.6 is 15.9 Å². The zero-order valence-corrected chi connectivity index (χ0v) is 12.7. The van der Waals surface area contributed by atoms with E-state index < -0.39 is 0 Å². The summed E-state index contributed by atoms with van der Waals surface area (Å²) in [5, 5.41) is 0.856. The van der Waals surface area contributed by atoms with Gasteiger partial charge in [-0.25, -0.2) is 0 Å². The molecule has 0 amide bonds. The van der Waals surface area contributed by atoms with Gasteiger partial charge < -0.3 is 9.47 Å². The smallest absolute Gasteiger partial charge is 0.169 e. The lowest BCUT2D eigenvalue weighted by atomic mass is 10.1. The van der Waals surface area contributed by atoms with Gasteiger partial charge in [0.25, 0.3) is 0 Å². The van der Waals surface area contributed by atoms with Crippen molar-refractivity contribution >= 4 is 15.9 Å². The Morgan fingerprint density at radius 2 is 1.79 bits per heavy atom. The molecule has 0 heterocycles. The Kier molecular flexibility index (Phi) is 4.86. The standard InChI is InChI=1S/C16H17BrO2/c1-3-18-15-6-4-5-7-16(15)19-14-9-8-13(11-17)12(2)10-14/h4-10H,3,11H2,1-2H3. The minimum absolute atomic E-state index is 0.627. The van der Waals surface area contributed by atoms with Gasteiger partial charge in [-0.3, -0.25) is 0 Å². The third-order valence-electron chi connectivity index (χ3n) is 2.83. The number of aryl methyl sites for hydroxylation is 1. The zero-order chi connectivity index (χ0) is 13.7. The van der Waals surface area contributed by atoms with Gasteiger partial charge >= 0.3 is 0 Å². The third kappa shape index (κ3) is 3.51.